The van der Waals surface area contributed by atoms with Gasteiger partial charge in [-0.1, -0.05) is 50.6 Å². The first-order chi connectivity index (χ1) is 11.1. The Hall–Kier alpha value is -2.16. The molecule has 0 unspecified atom stereocenters. The highest BCUT2D eigenvalue weighted by Gasteiger charge is 2.07. The molecule has 0 aromatic heterocycles. The van der Waals surface area contributed by atoms with Crippen LogP contribution in [0.15, 0.2) is 42.5 Å². The minimum atomic E-state index is -0.0333. The van der Waals surface area contributed by atoms with E-state index in [1.807, 2.05) is 56.3 Å². The maximum atomic E-state index is 12.2. The molecule has 0 saturated heterocycles. The Bertz CT molecular complexity index is 676. The molecule has 0 radical (unpaired) electrons. The number of benzene rings is 2. The van der Waals surface area contributed by atoms with E-state index in [1.165, 1.54) is 0 Å². The van der Waals surface area contributed by atoms with Crippen LogP contribution in [0.3, 0.4) is 0 Å². The van der Waals surface area contributed by atoms with Gasteiger partial charge in [0.15, 0.2) is 0 Å². The Labute approximate surface area is 138 Å². The van der Waals surface area contributed by atoms with Crippen LogP contribution in [0.1, 0.15) is 49.9 Å². The van der Waals surface area contributed by atoms with Crippen molar-refractivity contribution in [1.82, 2.24) is 5.32 Å². The van der Waals surface area contributed by atoms with Gasteiger partial charge in [-0.3, -0.25) is 9.59 Å². The molecular weight excluding hydrogens is 286 g/mol. The van der Waals surface area contributed by atoms with Crippen LogP contribution >= 0.6 is 0 Å². The van der Waals surface area contributed by atoms with Gasteiger partial charge >= 0.3 is 0 Å². The predicted molar refractivity (Wildman–Crippen MR) is 94.6 cm³/mol. The van der Waals surface area contributed by atoms with Crippen molar-refractivity contribution in [3.63, 3.8) is 0 Å². The third-order valence-corrected chi connectivity index (χ3v) is 4.04. The van der Waals surface area contributed by atoms with Crippen molar-refractivity contribution < 1.29 is 9.59 Å². The van der Waals surface area contributed by atoms with Crippen molar-refractivity contribution in [1.29, 1.82) is 0 Å². The number of carbonyl (C=O) groups excluding carboxylic acids is 2. The lowest BCUT2D eigenvalue weighted by atomic mass is 10.0. The molecule has 0 fully saturated rings. The second-order valence-corrected chi connectivity index (χ2v) is 6.25. The molecule has 0 heterocycles. The van der Waals surface area contributed by atoms with Gasteiger partial charge in [0.2, 0.25) is 0 Å². The van der Waals surface area contributed by atoms with Gasteiger partial charge in [0, 0.05) is 24.4 Å². The molecule has 122 valence electrons. The van der Waals surface area contributed by atoms with Crippen LogP contribution in [-0.2, 0) is 4.79 Å². The zero-order valence-electron chi connectivity index (χ0n) is 14.0. The van der Waals surface area contributed by atoms with Gasteiger partial charge < -0.3 is 5.32 Å². The summed E-state index contributed by atoms with van der Waals surface area (Å²) in [6.07, 6.45) is 3.43. The van der Waals surface area contributed by atoms with Gasteiger partial charge in [-0.15, -0.1) is 0 Å². The fourth-order valence-corrected chi connectivity index (χ4v) is 2.52. The summed E-state index contributed by atoms with van der Waals surface area (Å²) in [6.45, 7) is 4.53. The Morgan fingerprint density at radius 1 is 0.957 bits per heavy atom. The summed E-state index contributed by atoms with van der Waals surface area (Å²) < 4.78 is 0. The van der Waals surface area contributed by atoms with E-state index in [1.54, 1.807) is 0 Å². The quantitative estimate of drug-likeness (QED) is 0.736. The topological polar surface area (TPSA) is 46.2 Å². The Morgan fingerprint density at radius 3 is 2.43 bits per heavy atom. The minimum Gasteiger partial charge on any atom is -0.352 e. The third-order valence-electron chi connectivity index (χ3n) is 4.04. The number of fused-ring (bicyclic) bond motifs is 1. The van der Waals surface area contributed by atoms with Gasteiger partial charge in [0.25, 0.3) is 5.91 Å². The fourth-order valence-electron chi connectivity index (χ4n) is 2.52. The number of unbranched alkanes of at least 4 members (excludes halogenated alkanes) is 2. The number of nitrogens with one attached hydrogen (secondary N) is 1. The van der Waals surface area contributed by atoms with Crippen LogP contribution in [0.2, 0.25) is 0 Å². The first-order valence-electron chi connectivity index (χ1n) is 8.37. The molecule has 23 heavy (non-hydrogen) atoms. The number of amides is 1. The van der Waals surface area contributed by atoms with Crippen molar-refractivity contribution in [2.75, 3.05) is 6.54 Å². The minimum absolute atomic E-state index is 0.0333. The fraction of sp³-hybridized carbons (Fsp3) is 0.400. The first-order valence-corrected chi connectivity index (χ1v) is 8.37. The summed E-state index contributed by atoms with van der Waals surface area (Å²) in [5.41, 5.74) is 0.693. The average molecular weight is 311 g/mol. The number of hydrogen-bond acceptors (Lipinski definition) is 2. The molecule has 1 N–H and O–H groups in total. The summed E-state index contributed by atoms with van der Waals surface area (Å²) in [5, 5.41) is 5.16. The van der Waals surface area contributed by atoms with Crippen molar-refractivity contribution in [3.8, 4) is 0 Å². The second kappa shape index (κ2) is 8.47. The molecular formula is C20H25NO2. The van der Waals surface area contributed by atoms with Gasteiger partial charge in [0.1, 0.15) is 5.78 Å². The zero-order valence-corrected chi connectivity index (χ0v) is 14.0. The molecule has 2 aromatic carbocycles. The van der Waals surface area contributed by atoms with Gasteiger partial charge in [-0.25, -0.2) is 0 Å². The highest BCUT2D eigenvalue weighted by molar-refractivity contribution is 5.98. The molecule has 2 rings (SSSR count). The van der Waals surface area contributed by atoms with E-state index in [2.05, 4.69) is 5.32 Å². The van der Waals surface area contributed by atoms with Crippen molar-refractivity contribution in [3.05, 3.63) is 48.0 Å². The van der Waals surface area contributed by atoms with Gasteiger partial charge in [-0.2, -0.15) is 0 Å². The molecule has 0 aliphatic rings. The molecule has 0 saturated carbocycles. The summed E-state index contributed by atoms with van der Waals surface area (Å²) >= 11 is 0. The van der Waals surface area contributed by atoms with Crippen LogP contribution in [0.25, 0.3) is 10.8 Å². The summed E-state index contributed by atoms with van der Waals surface area (Å²) in [7, 11) is 0. The van der Waals surface area contributed by atoms with Gasteiger partial charge in [0.05, 0.1) is 0 Å². The normalized spacial score (nSPS) is 10.9. The Balaban J connectivity index is 1.73. The lowest BCUT2D eigenvalue weighted by molar-refractivity contribution is -0.122. The molecule has 1 amide bonds. The van der Waals surface area contributed by atoms with Crippen LogP contribution in [0.4, 0.5) is 0 Å². The average Bonchev–Trinajstić information content (AvgIpc) is 2.56. The molecule has 2 aromatic rings. The first kappa shape index (κ1) is 17.2. The molecule has 0 atom stereocenters. The van der Waals surface area contributed by atoms with E-state index in [4.69, 9.17) is 0 Å². The molecule has 0 aliphatic heterocycles. The standard InChI is InChI=1S/C20H25NO2/c1-15(2)19(22)10-4-3-7-13-21-20(23)18-12-11-16-8-5-6-9-17(16)14-18/h5-6,8-9,11-12,14-15H,3-4,7,10,13H2,1-2H3,(H,21,23). The van der Waals surface area contributed by atoms with E-state index in [0.717, 1.165) is 30.0 Å². The van der Waals surface area contributed by atoms with E-state index < -0.39 is 0 Å². The van der Waals surface area contributed by atoms with E-state index >= 15 is 0 Å². The van der Waals surface area contributed by atoms with Crippen LogP contribution < -0.4 is 5.32 Å². The summed E-state index contributed by atoms with van der Waals surface area (Å²) in [5.74, 6) is 0.418. The number of Topliss-reactive ketones (excluding diaryl/α,β-unsaturated/α-hetero) is 1. The molecule has 0 aliphatic carbocycles. The SMILES string of the molecule is CC(C)C(=O)CCCCCNC(=O)c1ccc2ccccc2c1. The van der Waals surface area contributed by atoms with E-state index in [9.17, 15) is 9.59 Å². The van der Waals surface area contributed by atoms with Crippen molar-refractivity contribution in [2.24, 2.45) is 5.92 Å². The van der Waals surface area contributed by atoms with Crippen LogP contribution in [0.5, 0.6) is 0 Å². The molecule has 0 spiro atoms. The number of rotatable bonds is 8. The lowest BCUT2D eigenvalue weighted by Crippen LogP contribution is -2.24. The summed E-state index contributed by atoms with van der Waals surface area (Å²) in [6, 6.07) is 13.8. The van der Waals surface area contributed by atoms with Crippen LogP contribution in [0, 0.1) is 5.92 Å². The maximum absolute atomic E-state index is 12.2. The van der Waals surface area contributed by atoms with Crippen molar-refractivity contribution in [2.45, 2.75) is 39.5 Å². The van der Waals surface area contributed by atoms with Crippen molar-refractivity contribution >= 4 is 22.5 Å². The molecule has 3 nitrogen and oxygen atoms in total. The second-order valence-electron chi connectivity index (χ2n) is 6.25. The number of hydrogen-bond donors (Lipinski definition) is 1. The zero-order chi connectivity index (χ0) is 16.7. The lowest BCUT2D eigenvalue weighted by Gasteiger charge is -2.07. The third kappa shape index (κ3) is 5.20. The molecule has 3 heteroatoms. The van der Waals surface area contributed by atoms with E-state index in [-0.39, 0.29) is 11.8 Å². The number of carbonyl (C=O) groups is 2. The largest absolute Gasteiger partial charge is 0.352 e. The summed E-state index contributed by atoms with van der Waals surface area (Å²) in [4.78, 5) is 23.7. The Morgan fingerprint density at radius 2 is 1.70 bits per heavy atom. The maximum Gasteiger partial charge on any atom is 0.251 e. The highest BCUT2D eigenvalue weighted by atomic mass is 16.1. The van der Waals surface area contributed by atoms with E-state index in [0.29, 0.717) is 24.3 Å². The smallest absolute Gasteiger partial charge is 0.251 e. The number of ketones is 1. The predicted octanol–water partition coefficient (Wildman–Crippen LogP) is 4.36. The Kier molecular flexibility index (Phi) is 6.33. The molecule has 0 bridgehead atoms. The monoisotopic (exact) mass is 311 g/mol. The highest BCUT2D eigenvalue weighted by Crippen LogP contribution is 2.15. The van der Waals surface area contributed by atoms with Crippen LogP contribution in [-0.4, -0.2) is 18.2 Å². The van der Waals surface area contributed by atoms with Gasteiger partial charge in [-0.05, 0) is 35.7 Å².